The Morgan fingerprint density at radius 3 is 2.40 bits per heavy atom. The quantitative estimate of drug-likeness (QED) is 0.839. The molecule has 0 N–H and O–H groups in total. The first-order valence-electron chi connectivity index (χ1n) is 4.69. The summed E-state index contributed by atoms with van der Waals surface area (Å²) in [5.41, 5.74) is 1.18. The Hall–Kier alpha value is -1.23. The molecule has 2 rings (SSSR count). The van der Waals surface area contributed by atoms with Crippen LogP contribution in [-0.4, -0.2) is 19.7 Å². The smallest absolute Gasteiger partial charge is 0.218 e. The molecule has 4 nitrogen and oxygen atoms in total. The van der Waals surface area contributed by atoms with Crippen molar-refractivity contribution in [2.45, 2.75) is 19.8 Å². The fourth-order valence-corrected chi connectivity index (χ4v) is 1.37. The molecule has 15 heavy (non-hydrogen) atoms. The van der Waals surface area contributed by atoms with E-state index in [0.717, 1.165) is 4.47 Å². The van der Waals surface area contributed by atoms with Crippen LogP contribution in [0.2, 0.25) is 0 Å². The van der Waals surface area contributed by atoms with Crippen LogP contribution in [0, 0.1) is 0 Å². The van der Waals surface area contributed by atoms with Gasteiger partial charge in [0.15, 0.2) is 0 Å². The molecule has 78 valence electrons. The maximum Gasteiger partial charge on any atom is 0.250 e. The second-order valence-electron chi connectivity index (χ2n) is 3.57. The Morgan fingerprint density at radius 2 is 1.87 bits per heavy atom. The van der Waals surface area contributed by atoms with Crippen molar-refractivity contribution in [3.05, 3.63) is 34.8 Å². The van der Waals surface area contributed by atoms with Gasteiger partial charge < -0.3 is 0 Å². The number of hydrogen-bond donors (Lipinski definition) is 0. The van der Waals surface area contributed by atoms with E-state index in [1.807, 2.05) is 12.4 Å². The molecule has 0 unspecified atom stereocenters. The molecular weight excluding hydrogens is 256 g/mol. The van der Waals surface area contributed by atoms with Gasteiger partial charge in [-0.15, -0.1) is 0 Å². The average molecular weight is 267 g/mol. The van der Waals surface area contributed by atoms with E-state index in [-0.39, 0.29) is 0 Å². The highest BCUT2D eigenvalue weighted by atomic mass is 79.9. The number of halogens is 1. The zero-order chi connectivity index (χ0) is 10.8. The zero-order valence-electron chi connectivity index (χ0n) is 8.55. The van der Waals surface area contributed by atoms with Gasteiger partial charge in [0.25, 0.3) is 5.95 Å². The molecular formula is C10H11BrN4. The van der Waals surface area contributed by atoms with Gasteiger partial charge in [-0.2, -0.15) is 5.10 Å². The van der Waals surface area contributed by atoms with E-state index in [2.05, 4.69) is 44.8 Å². The van der Waals surface area contributed by atoms with Gasteiger partial charge in [0, 0.05) is 18.6 Å². The van der Waals surface area contributed by atoms with Crippen molar-refractivity contribution < 1.29 is 0 Å². The molecule has 0 radical (unpaired) electrons. The highest BCUT2D eigenvalue weighted by Crippen LogP contribution is 2.14. The van der Waals surface area contributed by atoms with E-state index >= 15 is 0 Å². The largest absolute Gasteiger partial charge is 0.250 e. The molecule has 0 aromatic carbocycles. The lowest BCUT2D eigenvalue weighted by atomic mass is 10.1. The normalized spacial score (nSPS) is 10.9. The third kappa shape index (κ3) is 2.23. The molecule has 2 aromatic heterocycles. The van der Waals surface area contributed by atoms with E-state index in [9.17, 15) is 0 Å². The van der Waals surface area contributed by atoms with Gasteiger partial charge in [-0.25, -0.2) is 14.6 Å². The molecule has 0 aliphatic heterocycles. The van der Waals surface area contributed by atoms with Gasteiger partial charge in [-0.3, -0.25) is 0 Å². The third-order valence-corrected chi connectivity index (χ3v) is 2.49. The van der Waals surface area contributed by atoms with Crippen LogP contribution in [0.15, 0.2) is 29.3 Å². The number of hydrogen-bond acceptors (Lipinski definition) is 3. The SMILES string of the molecule is CC(C)c1cnn(-c2ncc(Br)cn2)c1. The van der Waals surface area contributed by atoms with E-state index in [0.29, 0.717) is 11.9 Å². The minimum Gasteiger partial charge on any atom is -0.218 e. The Labute approximate surface area is 96.5 Å². The monoisotopic (exact) mass is 266 g/mol. The summed E-state index contributed by atoms with van der Waals surface area (Å²) >= 11 is 3.29. The lowest BCUT2D eigenvalue weighted by Gasteiger charge is -1.99. The van der Waals surface area contributed by atoms with Crippen LogP contribution in [0.5, 0.6) is 0 Å². The highest BCUT2D eigenvalue weighted by Gasteiger charge is 2.05. The molecule has 0 amide bonds. The average Bonchev–Trinajstić information content (AvgIpc) is 2.68. The van der Waals surface area contributed by atoms with Crippen LogP contribution in [0.1, 0.15) is 25.3 Å². The minimum absolute atomic E-state index is 0.467. The fourth-order valence-electron chi connectivity index (χ4n) is 1.17. The van der Waals surface area contributed by atoms with Crippen molar-refractivity contribution >= 4 is 15.9 Å². The predicted octanol–water partition coefficient (Wildman–Crippen LogP) is 2.55. The van der Waals surface area contributed by atoms with Crippen LogP contribution >= 0.6 is 15.9 Å². The molecule has 0 atom stereocenters. The Kier molecular flexibility index (Phi) is 2.81. The van der Waals surface area contributed by atoms with Crippen LogP contribution in [0.4, 0.5) is 0 Å². The van der Waals surface area contributed by atoms with E-state index < -0.39 is 0 Å². The second-order valence-corrected chi connectivity index (χ2v) is 4.49. The first-order chi connectivity index (χ1) is 7.16. The summed E-state index contributed by atoms with van der Waals surface area (Å²) in [4.78, 5) is 8.33. The van der Waals surface area contributed by atoms with Crippen molar-refractivity contribution in [2.75, 3.05) is 0 Å². The predicted molar refractivity (Wildman–Crippen MR) is 60.9 cm³/mol. The summed E-state index contributed by atoms with van der Waals surface area (Å²) in [6, 6.07) is 0. The Bertz CT molecular complexity index is 447. The van der Waals surface area contributed by atoms with E-state index in [1.54, 1.807) is 17.1 Å². The summed E-state index contributed by atoms with van der Waals surface area (Å²) in [5, 5.41) is 4.21. The van der Waals surface area contributed by atoms with Crippen molar-refractivity contribution in [1.29, 1.82) is 0 Å². The van der Waals surface area contributed by atoms with Gasteiger partial charge in [-0.05, 0) is 27.4 Å². The maximum atomic E-state index is 4.21. The van der Waals surface area contributed by atoms with Gasteiger partial charge in [0.2, 0.25) is 0 Å². The van der Waals surface area contributed by atoms with Gasteiger partial charge in [0.1, 0.15) is 0 Å². The third-order valence-electron chi connectivity index (χ3n) is 2.08. The molecule has 0 bridgehead atoms. The van der Waals surface area contributed by atoms with Crippen molar-refractivity contribution in [3.8, 4) is 5.95 Å². The minimum atomic E-state index is 0.467. The first kappa shape index (κ1) is 10.3. The summed E-state index contributed by atoms with van der Waals surface area (Å²) in [5.74, 6) is 1.05. The van der Waals surface area contributed by atoms with E-state index in [1.165, 1.54) is 5.56 Å². The second kappa shape index (κ2) is 4.10. The number of aromatic nitrogens is 4. The molecule has 0 fully saturated rings. The molecule has 2 aromatic rings. The van der Waals surface area contributed by atoms with Crippen LogP contribution in [-0.2, 0) is 0 Å². The van der Waals surface area contributed by atoms with Gasteiger partial charge in [-0.1, -0.05) is 13.8 Å². The summed E-state index contributed by atoms with van der Waals surface area (Å²) in [7, 11) is 0. The summed E-state index contributed by atoms with van der Waals surface area (Å²) < 4.78 is 2.55. The maximum absolute atomic E-state index is 4.21. The number of nitrogens with zero attached hydrogens (tertiary/aromatic N) is 4. The Morgan fingerprint density at radius 1 is 1.20 bits per heavy atom. The molecule has 0 saturated carbocycles. The topological polar surface area (TPSA) is 43.6 Å². The molecule has 0 saturated heterocycles. The lowest BCUT2D eigenvalue weighted by molar-refractivity contribution is 0.802. The van der Waals surface area contributed by atoms with Gasteiger partial charge >= 0.3 is 0 Å². The highest BCUT2D eigenvalue weighted by molar-refractivity contribution is 9.10. The van der Waals surface area contributed by atoms with Crippen molar-refractivity contribution in [1.82, 2.24) is 19.7 Å². The van der Waals surface area contributed by atoms with E-state index in [4.69, 9.17) is 0 Å². The molecule has 5 heteroatoms. The van der Waals surface area contributed by atoms with Gasteiger partial charge in [0.05, 0.1) is 10.7 Å². The van der Waals surface area contributed by atoms with Crippen LogP contribution in [0.25, 0.3) is 5.95 Å². The molecule has 0 aliphatic rings. The summed E-state index contributed by atoms with van der Waals surface area (Å²) in [6.45, 7) is 4.26. The zero-order valence-corrected chi connectivity index (χ0v) is 10.1. The van der Waals surface area contributed by atoms with Crippen LogP contribution in [0.3, 0.4) is 0 Å². The van der Waals surface area contributed by atoms with Crippen molar-refractivity contribution in [2.24, 2.45) is 0 Å². The summed E-state index contributed by atoms with van der Waals surface area (Å²) in [6.07, 6.45) is 7.21. The molecule has 0 spiro atoms. The van der Waals surface area contributed by atoms with Crippen LogP contribution < -0.4 is 0 Å². The first-order valence-corrected chi connectivity index (χ1v) is 5.48. The Balaban J connectivity index is 2.33. The van der Waals surface area contributed by atoms with Crippen molar-refractivity contribution in [3.63, 3.8) is 0 Å². The fraction of sp³-hybridized carbons (Fsp3) is 0.300. The lowest BCUT2D eigenvalue weighted by Crippen LogP contribution is -2.00. The standard InChI is InChI=1S/C10H11BrN4/c1-7(2)8-3-14-15(6-8)10-12-4-9(11)5-13-10/h3-7H,1-2H3. The molecule has 0 aliphatic carbocycles. The number of rotatable bonds is 2. The molecule has 2 heterocycles.